The number of carbonyl (C=O) groups excluding carboxylic acids is 4. The van der Waals surface area contributed by atoms with Gasteiger partial charge in [-0.15, -0.1) is 11.3 Å². The molecule has 0 spiro atoms. The van der Waals surface area contributed by atoms with Crippen molar-refractivity contribution in [2.75, 3.05) is 67.5 Å². The fourth-order valence-electron chi connectivity index (χ4n) is 9.88. The van der Waals surface area contributed by atoms with E-state index in [0.29, 0.717) is 78.3 Å². The van der Waals surface area contributed by atoms with Crippen LogP contribution in [-0.4, -0.2) is 125 Å². The Morgan fingerprint density at radius 2 is 1.76 bits per heavy atom. The Hall–Kier alpha value is -7.06. The van der Waals surface area contributed by atoms with Crippen molar-refractivity contribution in [2.45, 2.75) is 50.6 Å². The molecule has 66 heavy (non-hydrogen) atoms. The van der Waals surface area contributed by atoms with Gasteiger partial charge in [0.2, 0.25) is 11.8 Å². The molecule has 0 bridgehead atoms. The number of nitrogens with zero attached hydrogens (tertiary/aromatic N) is 12. The number of nitrogens with one attached hydrogen (secondary N) is 2. The number of imidazole rings is 1. The van der Waals surface area contributed by atoms with Crippen molar-refractivity contribution in [1.82, 2.24) is 54.2 Å². The third kappa shape index (κ3) is 7.82. The highest BCUT2D eigenvalue weighted by Gasteiger charge is 2.33. The zero-order valence-electron chi connectivity index (χ0n) is 36.3. The number of fused-ring (bicyclic) bond motifs is 3. The number of urea groups is 1. The van der Waals surface area contributed by atoms with E-state index in [1.807, 2.05) is 36.2 Å². The van der Waals surface area contributed by atoms with Gasteiger partial charge in [-0.2, -0.15) is 10.2 Å². The molecule has 1 unspecified atom stereocenters. The molecule has 5 aromatic heterocycles. The van der Waals surface area contributed by atoms with Crippen LogP contribution < -0.4 is 20.4 Å². The van der Waals surface area contributed by atoms with Gasteiger partial charge in [0.25, 0.3) is 5.91 Å². The first-order valence-electron chi connectivity index (χ1n) is 22.4. The summed E-state index contributed by atoms with van der Waals surface area (Å²) in [6.07, 6.45) is 10.5. The van der Waals surface area contributed by atoms with E-state index in [9.17, 15) is 19.2 Å². The number of halogens is 1. The first kappa shape index (κ1) is 41.6. The number of hydrogen-bond acceptors (Lipinski definition) is 12. The Balaban J connectivity index is 0.697. The van der Waals surface area contributed by atoms with Gasteiger partial charge in [0.1, 0.15) is 11.6 Å². The molecule has 2 N–H and O–H groups in total. The predicted molar refractivity (Wildman–Crippen MR) is 246 cm³/mol. The number of carbonyl (C=O) groups is 4. The second kappa shape index (κ2) is 17.1. The average Bonchev–Trinajstić information content (AvgIpc) is 4.19. The summed E-state index contributed by atoms with van der Waals surface area (Å²) in [6, 6.07) is 12.1. The van der Waals surface area contributed by atoms with Crippen molar-refractivity contribution in [2.24, 2.45) is 7.05 Å². The van der Waals surface area contributed by atoms with E-state index in [2.05, 4.69) is 52.2 Å². The van der Waals surface area contributed by atoms with Crippen molar-refractivity contribution in [3.63, 3.8) is 0 Å². The van der Waals surface area contributed by atoms with E-state index in [4.69, 9.17) is 10.1 Å². The summed E-state index contributed by atoms with van der Waals surface area (Å²) in [6.45, 7) is 5.64. The summed E-state index contributed by atoms with van der Waals surface area (Å²) in [5, 5.41) is 18.1. The fraction of sp³-hybridized carbons (Fsp3) is 0.370. The SMILES string of the molecule is Cn1nc(N2CCC(=O)NC2=O)c2ccc(C3CCN(CC(=O)N4CCN(c5ccc(-c6cc(F)c7cn(C(C(=O)Nc8nccs8)c8ncn9c8CCC9)nc7c6)cn5)CC4)CC3)cc21. The van der Waals surface area contributed by atoms with Gasteiger partial charge in [0.05, 0.1) is 35.0 Å². The second-order valence-electron chi connectivity index (χ2n) is 17.4. The number of likely N-dealkylation sites (tertiary alicyclic amines) is 1. The minimum atomic E-state index is -0.917. The molecule has 3 saturated heterocycles. The summed E-state index contributed by atoms with van der Waals surface area (Å²) in [4.78, 5) is 73.0. The Kier molecular flexibility index (Phi) is 10.8. The normalized spacial score (nSPS) is 17.8. The van der Waals surface area contributed by atoms with Crippen LogP contribution in [0.5, 0.6) is 0 Å². The van der Waals surface area contributed by atoms with E-state index in [0.717, 1.165) is 73.3 Å². The third-order valence-corrected chi connectivity index (χ3v) is 14.1. The van der Waals surface area contributed by atoms with Crippen LogP contribution in [-0.2, 0) is 34.4 Å². The molecule has 1 atom stereocenters. The summed E-state index contributed by atoms with van der Waals surface area (Å²) in [7, 11) is 1.87. The number of piperidine rings is 1. The Labute approximate surface area is 382 Å². The Morgan fingerprint density at radius 3 is 2.53 bits per heavy atom. The monoisotopic (exact) mass is 910 g/mol. The van der Waals surface area contributed by atoms with Crippen molar-refractivity contribution in [1.29, 1.82) is 0 Å². The molecule has 9 heterocycles. The topological polar surface area (TPSA) is 185 Å². The maximum atomic E-state index is 15.8. The lowest BCUT2D eigenvalue weighted by atomic mass is 9.89. The molecule has 18 nitrogen and oxygen atoms in total. The Morgan fingerprint density at radius 1 is 0.909 bits per heavy atom. The molecule has 0 saturated carbocycles. The number of rotatable bonds is 10. The number of hydrogen-bond donors (Lipinski definition) is 2. The predicted octanol–water partition coefficient (Wildman–Crippen LogP) is 4.93. The molecule has 3 fully saturated rings. The number of imide groups is 1. The molecular formula is C46H47FN14O4S. The number of aromatic nitrogens is 8. The number of amides is 5. The molecule has 7 aromatic rings. The molecule has 2 aromatic carbocycles. The van der Waals surface area contributed by atoms with E-state index in [1.165, 1.54) is 32.5 Å². The average molecular weight is 911 g/mol. The number of piperazine rings is 1. The van der Waals surface area contributed by atoms with E-state index >= 15 is 4.39 Å². The first-order chi connectivity index (χ1) is 32.1. The van der Waals surface area contributed by atoms with E-state index < -0.39 is 17.9 Å². The second-order valence-corrected chi connectivity index (χ2v) is 18.3. The highest BCUT2D eigenvalue weighted by atomic mass is 32.1. The van der Waals surface area contributed by atoms with Crippen molar-refractivity contribution in [3.05, 3.63) is 95.5 Å². The van der Waals surface area contributed by atoms with E-state index in [1.54, 1.807) is 35.0 Å². The molecule has 4 aliphatic heterocycles. The minimum absolute atomic E-state index is 0.129. The number of thiazole rings is 1. The van der Waals surface area contributed by atoms with Gasteiger partial charge >= 0.3 is 6.03 Å². The van der Waals surface area contributed by atoms with Gasteiger partial charge in [-0.1, -0.05) is 6.07 Å². The van der Waals surface area contributed by atoms with Crippen LogP contribution in [0.4, 0.5) is 26.0 Å². The van der Waals surface area contributed by atoms with Crippen molar-refractivity contribution < 1.29 is 23.6 Å². The fourth-order valence-corrected chi connectivity index (χ4v) is 10.4. The number of benzene rings is 2. The molecule has 5 amide bonds. The van der Waals surface area contributed by atoms with Crippen LogP contribution in [0.15, 0.2) is 72.8 Å². The van der Waals surface area contributed by atoms with Gasteiger partial charge in [-0.25, -0.2) is 24.1 Å². The maximum absolute atomic E-state index is 15.8. The largest absolute Gasteiger partial charge is 0.353 e. The van der Waals surface area contributed by atoms with Gasteiger partial charge in [0, 0.05) is 93.4 Å². The van der Waals surface area contributed by atoms with Crippen molar-refractivity contribution >= 4 is 73.7 Å². The zero-order valence-corrected chi connectivity index (χ0v) is 37.1. The van der Waals surface area contributed by atoms with Crippen molar-refractivity contribution in [3.8, 4) is 11.1 Å². The molecule has 4 aliphatic rings. The van der Waals surface area contributed by atoms with Crippen LogP contribution in [0.3, 0.4) is 0 Å². The molecule has 0 aliphatic carbocycles. The molecule has 20 heteroatoms. The molecule has 11 rings (SSSR count). The highest BCUT2D eigenvalue weighted by Crippen LogP contribution is 2.35. The lowest BCUT2D eigenvalue weighted by Crippen LogP contribution is -2.52. The third-order valence-electron chi connectivity index (χ3n) is 13.4. The smallest absolute Gasteiger partial charge is 0.329 e. The van der Waals surface area contributed by atoms with Gasteiger partial charge in [-0.05, 0) is 92.2 Å². The van der Waals surface area contributed by atoms with Crippen LogP contribution in [0.25, 0.3) is 32.9 Å². The van der Waals surface area contributed by atoms with Gasteiger partial charge in [0.15, 0.2) is 17.0 Å². The first-order valence-corrected chi connectivity index (χ1v) is 23.2. The summed E-state index contributed by atoms with van der Waals surface area (Å²) in [5.41, 5.74) is 5.47. The standard InChI is InChI=1S/C46H47FN14O4S/c1-55-37-23-29(4-6-32(37)43(54-55)60-15-10-39(62)51-46(60)65)28-8-13-56(14-9-28)26-40(63)58-18-16-57(17-19-58)38-7-5-30(24-49-38)31-21-34(47)33-25-61(53-35(33)22-31)42(44(64)52-45-48-11-20-66-45)41-36-3-2-12-59(36)27-50-41/h4-7,11,20-25,27-28,42H,2-3,8-10,12-19,26H2,1H3,(H,48,52,64)(H,51,62,65). The van der Waals surface area contributed by atoms with Crippen LogP contribution in [0.1, 0.15) is 54.6 Å². The number of pyridine rings is 1. The van der Waals surface area contributed by atoms with Gasteiger partial charge < -0.3 is 14.4 Å². The lowest BCUT2D eigenvalue weighted by molar-refractivity contribution is -0.133. The van der Waals surface area contributed by atoms with Crippen LogP contribution in [0, 0.1) is 5.82 Å². The quantitative estimate of drug-likeness (QED) is 0.190. The summed E-state index contributed by atoms with van der Waals surface area (Å²) < 4.78 is 21.2. The van der Waals surface area contributed by atoms with Gasteiger partial charge in [-0.3, -0.25) is 44.2 Å². The summed E-state index contributed by atoms with van der Waals surface area (Å²) in [5.74, 6) is 0.730. The molecule has 338 valence electrons. The highest BCUT2D eigenvalue weighted by molar-refractivity contribution is 7.13. The van der Waals surface area contributed by atoms with Crippen LogP contribution in [0.2, 0.25) is 0 Å². The number of anilines is 3. The lowest BCUT2D eigenvalue weighted by Gasteiger charge is -2.37. The molecule has 0 radical (unpaired) electrons. The zero-order chi connectivity index (χ0) is 45.1. The van der Waals surface area contributed by atoms with E-state index in [-0.39, 0.29) is 24.1 Å². The molecular weight excluding hydrogens is 864 g/mol. The van der Waals surface area contributed by atoms with Crippen LogP contribution >= 0.6 is 11.3 Å². The number of aryl methyl sites for hydroxylation is 2. The summed E-state index contributed by atoms with van der Waals surface area (Å²) >= 11 is 1.32. The Bertz CT molecular complexity index is 3000. The minimum Gasteiger partial charge on any atom is -0.353 e. The maximum Gasteiger partial charge on any atom is 0.329 e.